The Balaban J connectivity index is 0.00000817. The van der Waals surface area contributed by atoms with Crippen LogP contribution in [0.15, 0.2) is 17.1 Å². The minimum atomic E-state index is -1.08. The van der Waals surface area contributed by atoms with Crippen LogP contribution in [0.2, 0.25) is 0 Å². The summed E-state index contributed by atoms with van der Waals surface area (Å²) >= 11 is 0. The average Bonchev–Trinajstić information content (AvgIpc) is 4.00. The van der Waals surface area contributed by atoms with Crippen molar-refractivity contribution in [3.63, 3.8) is 0 Å². The zero-order valence-corrected chi connectivity index (χ0v) is 43.9. The van der Waals surface area contributed by atoms with Crippen molar-refractivity contribution in [2.24, 2.45) is 53.3 Å². The van der Waals surface area contributed by atoms with Crippen LogP contribution in [0.3, 0.4) is 0 Å². The van der Waals surface area contributed by atoms with E-state index in [4.69, 9.17) is 30.1 Å². The van der Waals surface area contributed by atoms with Crippen molar-refractivity contribution in [1.82, 2.24) is 9.97 Å². The summed E-state index contributed by atoms with van der Waals surface area (Å²) in [4.78, 5) is 37.4. The number of hydrogen-bond acceptors (Lipinski definition) is 6. The number of methoxy groups -OCH3 is 1. The zero-order chi connectivity index (χ0) is 47.3. The molecule has 0 spiro atoms. The van der Waals surface area contributed by atoms with Crippen molar-refractivity contribution in [2.75, 3.05) is 13.7 Å². The molecule has 8 bridgehead atoms. The van der Waals surface area contributed by atoms with E-state index >= 15 is 0 Å². The van der Waals surface area contributed by atoms with E-state index in [1.165, 1.54) is 58.5 Å². The maximum absolute atomic E-state index is 13.7. The quantitative estimate of drug-likeness (QED) is 0.0928. The molecule has 6 rings (SSSR count). The third-order valence-corrected chi connectivity index (χ3v) is 15.4. The fraction of sp³-hybridized carbons (Fsp3) is 0.673. The average molecular weight is 918 g/mol. The number of esters is 2. The molecule has 0 aromatic carbocycles. The van der Waals surface area contributed by atoms with Gasteiger partial charge in [0.2, 0.25) is 0 Å². The van der Waals surface area contributed by atoms with Gasteiger partial charge in [0.15, 0.2) is 0 Å². The summed E-state index contributed by atoms with van der Waals surface area (Å²) < 4.78 is 11.2. The number of carbonyl (C=O) groups excluding carboxylic acids is 2. The smallest absolute Gasteiger partial charge is 0.681 e. The Hall–Kier alpha value is -3.41. The van der Waals surface area contributed by atoms with E-state index in [2.05, 4.69) is 55.4 Å². The minimum absolute atomic E-state index is 0. The number of allylic oxidation sites excluding steroid dienone is 3. The van der Waals surface area contributed by atoms with E-state index in [9.17, 15) is 19.8 Å². The molecule has 0 radical (unpaired) electrons. The summed E-state index contributed by atoms with van der Waals surface area (Å²) in [6.45, 7) is 24.2. The van der Waals surface area contributed by atoms with E-state index in [-0.39, 0.29) is 64.9 Å². The first-order valence-electron chi connectivity index (χ1n) is 25.2. The summed E-state index contributed by atoms with van der Waals surface area (Å²) in [5.41, 5.74) is 7.62. The van der Waals surface area contributed by atoms with Gasteiger partial charge in [0.25, 0.3) is 0 Å². The number of fused-ring (bicyclic) bond motifs is 8. The molecule has 3 unspecified atom stereocenters. The summed E-state index contributed by atoms with van der Waals surface area (Å²) in [6.07, 6.45) is 19.2. The molecule has 10 atom stereocenters. The van der Waals surface area contributed by atoms with Crippen LogP contribution < -0.4 is 20.5 Å². The number of aromatic nitrogens is 2. The first-order valence-corrected chi connectivity index (χ1v) is 25.2. The molecule has 2 N–H and O–H groups in total. The number of aliphatic hydroxyl groups excluding tert-OH is 2. The van der Waals surface area contributed by atoms with Crippen LogP contribution in [-0.2, 0) is 19.1 Å². The molecule has 5 heterocycles. The maximum atomic E-state index is 13.7. The van der Waals surface area contributed by atoms with Gasteiger partial charge in [-0.25, -0.2) is 0 Å². The molecule has 3 aliphatic heterocycles. The SMILES string of the molecule is CC[C@H]1/C2=C/c3[n-]c4c(c3C)=C(O)[C@H](C(=O)OC)C=4C3[N-]/C(=C\c4[n-]c(c(C(C)O)c4C)/C=C(\[N-]2)[C@@H]1C)[C@@H](C)[C@@H]3CCC(=O)OCCC(C)CCC[C@@H](C)CCC[C@@H](C)CCCC(C)C.[Mg+2]. The van der Waals surface area contributed by atoms with Crippen molar-refractivity contribution in [3.8, 4) is 0 Å². The van der Waals surface area contributed by atoms with Gasteiger partial charge in [0.05, 0.1) is 19.8 Å². The van der Waals surface area contributed by atoms with Crippen molar-refractivity contribution < 1.29 is 29.3 Å². The number of nitrogens with zero attached hydrogens (tertiary/aromatic N) is 4. The Morgan fingerprint density at radius 2 is 1.33 bits per heavy atom. The van der Waals surface area contributed by atoms with Gasteiger partial charge in [-0.2, -0.15) is 17.1 Å². The number of hydrogen-bond donors (Lipinski definition) is 2. The first kappa shape index (κ1) is 53.5. The Labute approximate surface area is 412 Å². The van der Waals surface area contributed by atoms with E-state index < -0.39 is 24.0 Å². The monoisotopic (exact) mass is 917 g/mol. The van der Waals surface area contributed by atoms with Crippen LogP contribution in [0.5, 0.6) is 0 Å². The molecule has 2 fully saturated rings. The standard InChI is InChI=1S/C55H80N4O6.Mg/c1-13-39-34(7)41-29-46-48(38(11)60)36(9)43(57-46)27-42-35(8)40(52(58-42)50-51(55(63)64-12)54(62)49-37(10)44(59-53(49)50)28-45(39)56-41)23-24-47(61)65-26-25-33(6)22-16-21-32(5)20-15-19-31(4)18-14-17-30(2)3;/h27-35,38-40,51-52,60,62H,13-26H2,1-12H3;/q-4;+2/b41-29-,42-27-,45-28-;/t31-,32-,33?,34+,35-,38?,39+,40-,51+,52?;/m0./s1. The molecule has 2 aromatic heterocycles. The van der Waals surface area contributed by atoms with Gasteiger partial charge in [0.1, 0.15) is 11.7 Å². The van der Waals surface area contributed by atoms with Crippen LogP contribution >= 0.6 is 0 Å². The molecule has 0 saturated carbocycles. The minimum Gasteiger partial charge on any atom is -0.681 e. The summed E-state index contributed by atoms with van der Waals surface area (Å²) in [6, 6.07) is -0.586. The second kappa shape index (κ2) is 23.7. The Bertz CT molecular complexity index is 2230. The van der Waals surface area contributed by atoms with Crippen LogP contribution in [-0.4, -0.2) is 65.0 Å². The molecule has 0 amide bonds. The molecule has 11 heteroatoms. The first-order chi connectivity index (χ1) is 30.9. The van der Waals surface area contributed by atoms with E-state index in [0.717, 1.165) is 70.8 Å². The second-order valence-corrected chi connectivity index (χ2v) is 20.9. The van der Waals surface area contributed by atoms with Crippen molar-refractivity contribution in [2.45, 2.75) is 172 Å². The van der Waals surface area contributed by atoms with Crippen LogP contribution in [0.25, 0.3) is 40.2 Å². The van der Waals surface area contributed by atoms with Gasteiger partial charge in [0, 0.05) is 11.6 Å². The molecular formula is C55H80MgN4O6-2. The second-order valence-electron chi connectivity index (χ2n) is 20.9. The topological polar surface area (TPSA) is 149 Å². The number of rotatable bonds is 21. The van der Waals surface area contributed by atoms with Gasteiger partial charge in [-0.05, 0) is 86.5 Å². The Morgan fingerprint density at radius 1 is 0.758 bits per heavy atom. The number of carbonyl (C=O) groups is 2. The van der Waals surface area contributed by atoms with E-state index in [1.807, 2.05) is 32.1 Å². The van der Waals surface area contributed by atoms with Gasteiger partial charge in [-0.1, -0.05) is 161 Å². The van der Waals surface area contributed by atoms with Crippen LogP contribution in [0, 0.1) is 67.1 Å². The molecule has 360 valence electrons. The normalized spacial score (nSPS) is 26.2. The molecular weight excluding hydrogens is 837 g/mol. The van der Waals surface area contributed by atoms with E-state index in [0.29, 0.717) is 52.2 Å². The molecule has 2 aromatic rings. The van der Waals surface area contributed by atoms with Crippen molar-refractivity contribution in [1.29, 1.82) is 0 Å². The number of ether oxygens (including phenoxy) is 2. The van der Waals surface area contributed by atoms with Crippen LogP contribution in [0.1, 0.15) is 186 Å². The van der Waals surface area contributed by atoms with Gasteiger partial charge < -0.3 is 40.3 Å². The fourth-order valence-corrected chi connectivity index (χ4v) is 11.2. The predicted octanol–water partition coefficient (Wildman–Crippen LogP) is 11.1. The molecule has 4 aliphatic rings. The molecule has 2 saturated heterocycles. The molecule has 10 nitrogen and oxygen atoms in total. The summed E-state index contributed by atoms with van der Waals surface area (Å²) in [5.74, 6) is 0.717. The van der Waals surface area contributed by atoms with Crippen molar-refractivity contribution in [3.05, 3.63) is 72.1 Å². The van der Waals surface area contributed by atoms with Gasteiger partial charge in [-0.15, -0.1) is 22.4 Å². The van der Waals surface area contributed by atoms with Crippen LogP contribution in [0.4, 0.5) is 0 Å². The third-order valence-electron chi connectivity index (χ3n) is 15.4. The van der Waals surface area contributed by atoms with E-state index in [1.54, 1.807) is 6.92 Å². The number of aliphatic hydroxyl groups is 2. The molecule has 1 aliphatic carbocycles. The van der Waals surface area contributed by atoms with Crippen molar-refractivity contribution >= 4 is 64.6 Å². The maximum Gasteiger partial charge on any atom is 2.00 e. The van der Waals surface area contributed by atoms with Gasteiger partial charge in [-0.3, -0.25) is 9.59 Å². The Morgan fingerprint density at radius 3 is 1.92 bits per heavy atom. The summed E-state index contributed by atoms with van der Waals surface area (Å²) in [5, 5.41) is 34.6. The zero-order valence-electron chi connectivity index (χ0n) is 42.5. The Kier molecular flexibility index (Phi) is 19.3. The third kappa shape index (κ3) is 12.1. The predicted molar refractivity (Wildman–Crippen MR) is 268 cm³/mol. The fourth-order valence-electron chi connectivity index (χ4n) is 11.2. The molecule has 66 heavy (non-hydrogen) atoms. The largest absolute Gasteiger partial charge is 2.00 e. The summed E-state index contributed by atoms with van der Waals surface area (Å²) in [7, 11) is 1.33. The van der Waals surface area contributed by atoms with Gasteiger partial charge >= 0.3 is 35.0 Å².